The quantitative estimate of drug-likeness (QED) is 0.790. The van der Waals surface area contributed by atoms with E-state index in [-0.39, 0.29) is 5.91 Å². The number of hydrogen-bond acceptors (Lipinski definition) is 2. The highest BCUT2D eigenvalue weighted by Gasteiger charge is 2.23. The molecule has 4 nitrogen and oxygen atoms in total. The van der Waals surface area contributed by atoms with Gasteiger partial charge in [-0.2, -0.15) is 0 Å². The lowest BCUT2D eigenvalue weighted by molar-refractivity contribution is 0.0748. The number of amides is 1. The van der Waals surface area contributed by atoms with Crippen molar-refractivity contribution in [2.24, 2.45) is 0 Å². The lowest BCUT2D eigenvalue weighted by Crippen LogP contribution is -2.48. The van der Waals surface area contributed by atoms with Crippen molar-refractivity contribution in [1.29, 1.82) is 0 Å². The number of rotatable bonds is 2. The number of H-pyrrole nitrogens is 1. The summed E-state index contributed by atoms with van der Waals surface area (Å²) >= 11 is 0. The van der Waals surface area contributed by atoms with E-state index >= 15 is 0 Å². The summed E-state index contributed by atoms with van der Waals surface area (Å²) in [6.45, 7) is 3.25. The third kappa shape index (κ3) is 2.57. The maximum atomic E-state index is 12.8. The molecular weight excluding hydrogens is 286 g/mol. The van der Waals surface area contributed by atoms with Gasteiger partial charge in [-0.05, 0) is 24.3 Å². The number of hydrogen-bond donors (Lipinski definition) is 1. The minimum Gasteiger partial charge on any atom is -0.368 e. The Hall–Kier alpha value is -2.75. The molecule has 23 heavy (non-hydrogen) atoms. The van der Waals surface area contributed by atoms with Crippen LogP contribution in [0.1, 0.15) is 10.4 Å². The number of aromatic nitrogens is 1. The maximum Gasteiger partial charge on any atom is 0.256 e. The first-order chi connectivity index (χ1) is 11.3. The molecule has 3 aromatic rings. The molecule has 0 unspecified atom stereocenters. The fraction of sp³-hybridized carbons (Fsp3) is 0.211. The van der Waals surface area contributed by atoms with Crippen LogP contribution in [0.5, 0.6) is 0 Å². The Morgan fingerprint density at radius 3 is 2.43 bits per heavy atom. The molecule has 0 saturated carbocycles. The highest BCUT2D eigenvalue weighted by Crippen LogP contribution is 2.21. The summed E-state index contributed by atoms with van der Waals surface area (Å²) in [5.41, 5.74) is 2.93. The first-order valence-electron chi connectivity index (χ1n) is 7.98. The van der Waals surface area contributed by atoms with Crippen molar-refractivity contribution in [3.8, 4) is 0 Å². The van der Waals surface area contributed by atoms with Crippen molar-refractivity contribution in [1.82, 2.24) is 9.88 Å². The first-order valence-corrected chi connectivity index (χ1v) is 7.98. The van der Waals surface area contributed by atoms with Crippen molar-refractivity contribution in [3.63, 3.8) is 0 Å². The molecule has 1 aliphatic heterocycles. The SMILES string of the molecule is O=C(c1cccc2cc[nH]c12)N1CCN(c2ccccc2)CC1. The van der Waals surface area contributed by atoms with Crippen molar-refractivity contribution in [2.75, 3.05) is 31.1 Å². The van der Waals surface area contributed by atoms with Crippen LogP contribution in [0.3, 0.4) is 0 Å². The van der Waals surface area contributed by atoms with Gasteiger partial charge in [0.25, 0.3) is 5.91 Å². The van der Waals surface area contributed by atoms with Gasteiger partial charge in [0.15, 0.2) is 0 Å². The number of benzene rings is 2. The molecule has 0 spiro atoms. The third-order valence-electron chi connectivity index (χ3n) is 4.51. The fourth-order valence-corrected chi connectivity index (χ4v) is 3.24. The van der Waals surface area contributed by atoms with E-state index in [1.807, 2.05) is 41.4 Å². The van der Waals surface area contributed by atoms with Crippen LogP contribution in [0.2, 0.25) is 0 Å². The van der Waals surface area contributed by atoms with Gasteiger partial charge in [0.2, 0.25) is 0 Å². The molecule has 1 aromatic heterocycles. The van der Waals surface area contributed by atoms with Crippen molar-refractivity contribution in [2.45, 2.75) is 0 Å². The van der Waals surface area contributed by atoms with E-state index in [0.29, 0.717) is 0 Å². The lowest BCUT2D eigenvalue weighted by Gasteiger charge is -2.36. The minimum atomic E-state index is 0.116. The summed E-state index contributed by atoms with van der Waals surface area (Å²) in [6.07, 6.45) is 1.88. The molecule has 2 heterocycles. The average molecular weight is 305 g/mol. The van der Waals surface area contributed by atoms with Gasteiger partial charge in [-0.25, -0.2) is 0 Å². The summed E-state index contributed by atoms with van der Waals surface area (Å²) < 4.78 is 0. The lowest BCUT2D eigenvalue weighted by atomic mass is 10.1. The van der Waals surface area contributed by atoms with Gasteiger partial charge in [0.05, 0.1) is 11.1 Å². The topological polar surface area (TPSA) is 39.3 Å². The van der Waals surface area contributed by atoms with Gasteiger partial charge in [-0.1, -0.05) is 30.3 Å². The van der Waals surface area contributed by atoms with Crippen molar-refractivity contribution in [3.05, 3.63) is 66.4 Å². The minimum absolute atomic E-state index is 0.116. The van der Waals surface area contributed by atoms with E-state index in [0.717, 1.165) is 42.6 Å². The summed E-state index contributed by atoms with van der Waals surface area (Å²) in [4.78, 5) is 20.3. The Bertz CT molecular complexity index is 817. The van der Waals surface area contributed by atoms with Crippen LogP contribution in [-0.2, 0) is 0 Å². The maximum absolute atomic E-state index is 12.8. The monoisotopic (exact) mass is 305 g/mol. The van der Waals surface area contributed by atoms with Crippen LogP contribution < -0.4 is 4.90 Å². The normalized spacial score (nSPS) is 15.1. The number of aromatic amines is 1. The Labute approximate surface area is 135 Å². The van der Waals surface area contributed by atoms with Crippen LogP contribution in [0.15, 0.2) is 60.8 Å². The van der Waals surface area contributed by atoms with Gasteiger partial charge >= 0.3 is 0 Å². The highest BCUT2D eigenvalue weighted by atomic mass is 16.2. The van der Waals surface area contributed by atoms with E-state index in [2.05, 4.69) is 34.1 Å². The van der Waals surface area contributed by atoms with E-state index < -0.39 is 0 Å². The van der Waals surface area contributed by atoms with Crippen LogP contribution >= 0.6 is 0 Å². The van der Waals surface area contributed by atoms with Gasteiger partial charge < -0.3 is 14.8 Å². The standard InChI is InChI=1S/C19H19N3O/c23-19(17-8-4-5-15-9-10-20-18(15)17)22-13-11-21(12-14-22)16-6-2-1-3-7-16/h1-10,20H,11-14H2. The van der Waals surface area contributed by atoms with E-state index in [9.17, 15) is 4.79 Å². The zero-order valence-electron chi connectivity index (χ0n) is 12.9. The molecule has 116 valence electrons. The number of carbonyl (C=O) groups excluding carboxylic acids is 1. The Balaban J connectivity index is 1.50. The van der Waals surface area contributed by atoms with E-state index in [1.165, 1.54) is 5.69 Å². The number of fused-ring (bicyclic) bond motifs is 1. The first kappa shape index (κ1) is 13.9. The molecule has 0 aliphatic carbocycles. The van der Waals surface area contributed by atoms with E-state index in [4.69, 9.17) is 0 Å². The van der Waals surface area contributed by atoms with Crippen LogP contribution in [0.4, 0.5) is 5.69 Å². The van der Waals surface area contributed by atoms with E-state index in [1.54, 1.807) is 0 Å². The Kier molecular flexibility index (Phi) is 3.50. The molecule has 0 bridgehead atoms. The molecule has 1 fully saturated rings. The van der Waals surface area contributed by atoms with Crippen LogP contribution in [-0.4, -0.2) is 42.0 Å². The second-order valence-corrected chi connectivity index (χ2v) is 5.86. The largest absolute Gasteiger partial charge is 0.368 e. The molecule has 4 heteroatoms. The average Bonchev–Trinajstić information content (AvgIpc) is 3.11. The Morgan fingerprint density at radius 1 is 0.870 bits per heavy atom. The van der Waals surface area contributed by atoms with Gasteiger partial charge in [0, 0.05) is 43.4 Å². The Morgan fingerprint density at radius 2 is 1.65 bits per heavy atom. The summed E-state index contributed by atoms with van der Waals surface area (Å²) in [7, 11) is 0. The molecule has 1 aliphatic rings. The predicted octanol–water partition coefficient (Wildman–Crippen LogP) is 3.13. The highest BCUT2D eigenvalue weighted by molar-refractivity contribution is 6.05. The summed E-state index contributed by atoms with van der Waals surface area (Å²) in [5, 5.41) is 1.08. The van der Waals surface area contributed by atoms with Crippen molar-refractivity contribution >= 4 is 22.5 Å². The molecule has 0 atom stereocenters. The van der Waals surface area contributed by atoms with Crippen molar-refractivity contribution < 1.29 is 4.79 Å². The number of anilines is 1. The number of carbonyl (C=O) groups is 1. The predicted molar refractivity (Wildman–Crippen MR) is 92.9 cm³/mol. The van der Waals surface area contributed by atoms with Crippen LogP contribution in [0.25, 0.3) is 10.9 Å². The number of para-hydroxylation sites is 2. The number of nitrogens with one attached hydrogen (secondary N) is 1. The molecular formula is C19H19N3O. The fourth-order valence-electron chi connectivity index (χ4n) is 3.24. The zero-order valence-corrected chi connectivity index (χ0v) is 12.9. The number of nitrogens with zero attached hydrogens (tertiary/aromatic N) is 2. The van der Waals surface area contributed by atoms with Gasteiger partial charge in [-0.3, -0.25) is 4.79 Å². The molecule has 0 radical (unpaired) electrons. The second kappa shape index (κ2) is 5.80. The third-order valence-corrected chi connectivity index (χ3v) is 4.51. The molecule has 1 amide bonds. The van der Waals surface area contributed by atoms with Gasteiger partial charge in [0.1, 0.15) is 0 Å². The summed E-state index contributed by atoms with van der Waals surface area (Å²) in [5.74, 6) is 0.116. The van der Waals surface area contributed by atoms with Crippen LogP contribution in [0, 0.1) is 0 Å². The summed E-state index contributed by atoms with van der Waals surface area (Å²) in [6, 6.07) is 18.3. The smallest absolute Gasteiger partial charge is 0.256 e. The molecule has 1 N–H and O–H groups in total. The zero-order chi connectivity index (χ0) is 15.6. The number of piperazine rings is 1. The second-order valence-electron chi connectivity index (χ2n) is 5.86. The molecule has 2 aromatic carbocycles. The molecule has 1 saturated heterocycles. The van der Waals surface area contributed by atoms with Gasteiger partial charge in [-0.15, -0.1) is 0 Å². The molecule has 4 rings (SSSR count).